The Labute approximate surface area is 240 Å². The van der Waals surface area contributed by atoms with E-state index in [2.05, 4.69) is 35.1 Å². The summed E-state index contributed by atoms with van der Waals surface area (Å²) in [7, 11) is 0. The number of amides is 2. The average molecular weight is 575 g/mol. The number of carboxylic acids is 1. The summed E-state index contributed by atoms with van der Waals surface area (Å²) in [5.41, 5.74) is 4.62. The van der Waals surface area contributed by atoms with Gasteiger partial charge in [-0.2, -0.15) is 0 Å². The highest BCUT2D eigenvalue weighted by molar-refractivity contribution is 5.96. The second-order valence-corrected chi connectivity index (χ2v) is 9.50. The van der Waals surface area contributed by atoms with Crippen LogP contribution in [0.4, 0.5) is 10.7 Å². The molecule has 0 spiro atoms. The van der Waals surface area contributed by atoms with Gasteiger partial charge in [-0.25, -0.2) is 24.5 Å². The van der Waals surface area contributed by atoms with E-state index in [9.17, 15) is 14.4 Å². The summed E-state index contributed by atoms with van der Waals surface area (Å²) < 4.78 is 9.88. The van der Waals surface area contributed by atoms with E-state index in [1.807, 2.05) is 24.3 Å². The summed E-state index contributed by atoms with van der Waals surface area (Å²) in [6, 6.07) is 9.57. The lowest BCUT2D eigenvalue weighted by molar-refractivity contribution is -0.146. The minimum Gasteiger partial charge on any atom is -0.480 e. The second-order valence-electron chi connectivity index (χ2n) is 9.50. The maximum atomic E-state index is 12.2. The summed E-state index contributed by atoms with van der Waals surface area (Å²) in [5, 5.41) is 11.3. The molecular weight excluding hydrogens is 544 g/mol. The highest BCUT2D eigenvalue weighted by Crippen LogP contribution is 2.32. The number of nitrogens with one attached hydrogen (secondary N) is 2. The number of pyridine rings is 1. The summed E-state index contributed by atoms with van der Waals surface area (Å²) >= 11 is 0. The van der Waals surface area contributed by atoms with Crippen LogP contribution in [0.2, 0.25) is 0 Å². The number of benzene rings is 1. The fraction of sp³-hybridized carbons (Fsp3) is 0.321. The molecule has 42 heavy (non-hydrogen) atoms. The molecule has 0 unspecified atom stereocenters. The number of piperazine rings is 1. The van der Waals surface area contributed by atoms with Crippen molar-refractivity contribution in [1.29, 1.82) is 0 Å². The Balaban J connectivity index is 1.28. The Morgan fingerprint density at radius 1 is 1.02 bits per heavy atom. The number of carbonyl (C=O) groups is 3. The van der Waals surface area contributed by atoms with Crippen molar-refractivity contribution in [1.82, 2.24) is 34.7 Å². The lowest BCUT2D eigenvalue weighted by Crippen LogP contribution is -2.49. The highest BCUT2D eigenvalue weighted by atomic mass is 16.5. The number of rotatable bonds is 10. The molecular formula is C28H30N8O6. The van der Waals surface area contributed by atoms with Crippen molar-refractivity contribution < 1.29 is 29.0 Å². The number of hydrogen-bond donors (Lipinski definition) is 3. The Morgan fingerprint density at radius 3 is 2.50 bits per heavy atom. The zero-order valence-corrected chi connectivity index (χ0v) is 22.9. The molecule has 3 N–H and O–H groups in total. The number of fused-ring (bicyclic) bond motifs is 1. The molecule has 14 nitrogen and oxygen atoms in total. The first-order valence-corrected chi connectivity index (χ1v) is 13.4. The zero-order chi connectivity index (χ0) is 29.5. The molecule has 1 fully saturated rings. The molecule has 2 amide bonds. The number of hydrogen-bond acceptors (Lipinski definition) is 10. The van der Waals surface area contributed by atoms with Gasteiger partial charge in [-0.3, -0.25) is 20.0 Å². The smallest absolute Gasteiger partial charge is 0.413 e. The molecule has 0 radical (unpaired) electrons. The molecule has 218 valence electrons. The lowest BCUT2D eigenvalue weighted by atomic mass is 10.0. The minimum atomic E-state index is -1.10. The maximum Gasteiger partial charge on any atom is 0.413 e. The Kier molecular flexibility index (Phi) is 8.94. The predicted molar refractivity (Wildman–Crippen MR) is 151 cm³/mol. The van der Waals surface area contributed by atoms with E-state index in [0.717, 1.165) is 16.8 Å². The number of imidazole rings is 1. The Morgan fingerprint density at radius 2 is 1.81 bits per heavy atom. The van der Waals surface area contributed by atoms with Gasteiger partial charge in [-0.1, -0.05) is 6.07 Å². The molecule has 1 aliphatic heterocycles. The van der Waals surface area contributed by atoms with Crippen LogP contribution in [0.15, 0.2) is 48.9 Å². The molecule has 3 aromatic heterocycles. The number of aromatic nitrogens is 5. The summed E-state index contributed by atoms with van der Waals surface area (Å²) in [6.45, 7) is 4.29. The molecule has 0 bridgehead atoms. The van der Waals surface area contributed by atoms with Crippen LogP contribution >= 0.6 is 0 Å². The average Bonchev–Trinajstić information content (AvgIpc) is 3.40. The third-order valence-corrected chi connectivity index (χ3v) is 6.61. The largest absolute Gasteiger partial charge is 0.480 e. The molecule has 0 aliphatic carbocycles. The normalized spacial score (nSPS) is 13.7. The molecule has 4 heterocycles. The molecule has 1 saturated heterocycles. The lowest BCUT2D eigenvalue weighted by Gasteiger charge is -2.34. The number of aliphatic carboxylic acids is 1. The zero-order valence-electron chi connectivity index (χ0n) is 22.9. The Bertz CT molecular complexity index is 1550. The van der Waals surface area contributed by atoms with E-state index in [4.69, 9.17) is 14.6 Å². The van der Waals surface area contributed by atoms with Crippen molar-refractivity contribution >= 4 is 35.0 Å². The van der Waals surface area contributed by atoms with Gasteiger partial charge in [-0.05, 0) is 36.8 Å². The van der Waals surface area contributed by atoms with Crippen molar-refractivity contribution in [3.63, 3.8) is 0 Å². The third kappa shape index (κ3) is 7.03. The summed E-state index contributed by atoms with van der Waals surface area (Å²) in [4.78, 5) is 59.8. The number of anilines is 1. The number of carbonyl (C=O) groups excluding carboxylic acids is 2. The van der Waals surface area contributed by atoms with Crippen LogP contribution in [0, 0.1) is 0 Å². The topological polar surface area (TPSA) is 176 Å². The van der Waals surface area contributed by atoms with E-state index < -0.39 is 18.7 Å². The van der Waals surface area contributed by atoms with Gasteiger partial charge in [-0.15, -0.1) is 0 Å². The molecule has 0 atom stereocenters. The van der Waals surface area contributed by atoms with Gasteiger partial charge in [0.05, 0.1) is 17.8 Å². The van der Waals surface area contributed by atoms with Gasteiger partial charge in [0.25, 0.3) is 0 Å². The first kappa shape index (κ1) is 28.6. The number of carboxylic acid groups (broad SMARTS) is 1. The third-order valence-electron chi connectivity index (χ3n) is 6.61. The van der Waals surface area contributed by atoms with Gasteiger partial charge in [0.1, 0.15) is 18.7 Å². The quantitative estimate of drug-likeness (QED) is 0.253. The van der Waals surface area contributed by atoms with Crippen LogP contribution in [-0.2, 0) is 25.6 Å². The predicted octanol–water partition coefficient (Wildman–Crippen LogP) is 2.40. The fourth-order valence-electron chi connectivity index (χ4n) is 4.61. The van der Waals surface area contributed by atoms with Crippen LogP contribution in [0.5, 0.6) is 0 Å². The molecule has 5 rings (SSSR count). The molecule has 0 saturated carbocycles. The Hall–Kier alpha value is -4.95. The van der Waals surface area contributed by atoms with Crippen LogP contribution in [0.1, 0.15) is 12.6 Å². The maximum absolute atomic E-state index is 12.2. The molecule has 1 aromatic carbocycles. The van der Waals surface area contributed by atoms with Gasteiger partial charge >= 0.3 is 12.1 Å². The SMILES string of the molecule is CCOC(=O)Nc1nc2c(-c3ncccn3)cc(-c3ccc(CN4CCN(C(=O)COCC(=O)O)CC4)nc3)cc2[nH]1. The minimum absolute atomic E-state index is 0.211. The number of H-pyrrole nitrogens is 1. The van der Waals surface area contributed by atoms with Crippen molar-refractivity contribution in [2.75, 3.05) is 51.3 Å². The van der Waals surface area contributed by atoms with Crippen molar-refractivity contribution in [2.45, 2.75) is 13.5 Å². The first-order chi connectivity index (χ1) is 20.4. The van der Waals surface area contributed by atoms with Crippen LogP contribution in [0.25, 0.3) is 33.5 Å². The van der Waals surface area contributed by atoms with Gasteiger partial charge in [0, 0.05) is 62.4 Å². The van der Waals surface area contributed by atoms with Crippen molar-refractivity contribution in [3.8, 4) is 22.5 Å². The van der Waals surface area contributed by atoms with Gasteiger partial charge in [0.15, 0.2) is 5.82 Å². The van der Waals surface area contributed by atoms with E-state index >= 15 is 0 Å². The van der Waals surface area contributed by atoms with Crippen LogP contribution in [0.3, 0.4) is 0 Å². The molecule has 4 aromatic rings. The van der Waals surface area contributed by atoms with Crippen molar-refractivity contribution in [3.05, 3.63) is 54.6 Å². The number of ether oxygens (including phenoxy) is 2. The van der Waals surface area contributed by atoms with Gasteiger partial charge < -0.3 is 24.5 Å². The molecule has 1 aliphatic rings. The summed E-state index contributed by atoms with van der Waals surface area (Å²) in [5.74, 6) is -0.567. The van der Waals surface area contributed by atoms with Crippen molar-refractivity contribution in [2.24, 2.45) is 0 Å². The van der Waals surface area contributed by atoms with Gasteiger partial charge in [0.2, 0.25) is 11.9 Å². The first-order valence-electron chi connectivity index (χ1n) is 13.4. The van der Waals surface area contributed by atoms with E-state index in [1.165, 1.54) is 0 Å². The standard InChI is InChI=1S/C28H30N8O6/c1-2-42-28(40)34-27-32-22-13-19(12-21(25(22)33-27)26-29-6-3-7-30-26)18-4-5-20(31-14-18)15-35-8-10-36(11-9-35)23(37)16-41-17-24(38)39/h3-7,12-14H,2,8-11,15-17H2,1H3,(H,38,39)(H2,32,33,34,40). The summed E-state index contributed by atoms with van der Waals surface area (Å²) in [6.07, 6.45) is 4.52. The highest BCUT2D eigenvalue weighted by Gasteiger charge is 2.22. The molecule has 14 heteroatoms. The fourth-order valence-corrected chi connectivity index (χ4v) is 4.61. The van der Waals surface area contributed by atoms with Crippen LogP contribution in [-0.4, -0.2) is 104 Å². The van der Waals surface area contributed by atoms with E-state index in [1.54, 1.807) is 36.5 Å². The number of aromatic amines is 1. The second kappa shape index (κ2) is 13.1. The van der Waals surface area contributed by atoms with E-state index in [0.29, 0.717) is 55.1 Å². The van der Waals surface area contributed by atoms with Crippen LogP contribution < -0.4 is 5.32 Å². The monoisotopic (exact) mass is 574 g/mol. The van der Waals surface area contributed by atoms with E-state index in [-0.39, 0.29) is 25.1 Å². The number of nitrogens with zero attached hydrogens (tertiary/aromatic N) is 6.